The van der Waals surface area contributed by atoms with Crippen LogP contribution in [0.1, 0.15) is 26.3 Å². The normalized spacial score (nSPS) is 14.7. The van der Waals surface area contributed by atoms with E-state index in [1.807, 2.05) is 18.2 Å². The van der Waals surface area contributed by atoms with Gasteiger partial charge in [-0.25, -0.2) is 0 Å². The fraction of sp³-hybridized carbons (Fsp3) is 0.429. The summed E-state index contributed by atoms with van der Waals surface area (Å²) in [4.78, 5) is 0. The molecule has 0 saturated carbocycles. The summed E-state index contributed by atoms with van der Waals surface area (Å²) in [6.07, 6.45) is 2.03. The minimum atomic E-state index is 0.0340. The number of allylic oxidation sites excluding steroid dienone is 1. The molecule has 1 heteroatoms. The van der Waals surface area contributed by atoms with Gasteiger partial charge in [0.05, 0.1) is 7.11 Å². The van der Waals surface area contributed by atoms with Crippen LogP contribution in [-0.2, 0) is 5.41 Å². The molecule has 0 radical (unpaired) electrons. The van der Waals surface area contributed by atoms with Crippen LogP contribution in [0.15, 0.2) is 36.9 Å². The van der Waals surface area contributed by atoms with Gasteiger partial charge in [0.15, 0.2) is 0 Å². The second-order valence-corrected chi connectivity index (χ2v) is 4.37. The van der Waals surface area contributed by atoms with Gasteiger partial charge in [-0.1, -0.05) is 39.0 Å². The number of methoxy groups -OCH3 is 1. The van der Waals surface area contributed by atoms with E-state index in [0.29, 0.717) is 5.92 Å². The third-order valence-corrected chi connectivity index (χ3v) is 3.34. The Hall–Kier alpha value is -1.24. The quantitative estimate of drug-likeness (QED) is 0.678. The molecule has 1 nitrogen and oxygen atoms in total. The maximum absolute atomic E-state index is 5.15. The second-order valence-electron chi connectivity index (χ2n) is 4.37. The number of hydrogen-bond acceptors (Lipinski definition) is 1. The minimum absolute atomic E-state index is 0.0340. The summed E-state index contributed by atoms with van der Waals surface area (Å²) >= 11 is 0. The Kier molecular flexibility index (Phi) is 3.57. The van der Waals surface area contributed by atoms with Crippen LogP contribution in [0, 0.1) is 5.92 Å². The second kappa shape index (κ2) is 4.52. The summed E-state index contributed by atoms with van der Waals surface area (Å²) in [6.45, 7) is 10.6. The van der Waals surface area contributed by atoms with Crippen molar-refractivity contribution in [1.82, 2.24) is 0 Å². The van der Waals surface area contributed by atoms with E-state index < -0.39 is 0 Å². The van der Waals surface area contributed by atoms with Crippen molar-refractivity contribution in [2.24, 2.45) is 5.92 Å². The van der Waals surface area contributed by atoms with E-state index in [9.17, 15) is 0 Å². The number of benzene rings is 1. The summed E-state index contributed by atoms with van der Waals surface area (Å²) in [7, 11) is 1.68. The molecule has 0 heterocycles. The zero-order valence-electron chi connectivity index (χ0n) is 10.1. The van der Waals surface area contributed by atoms with Crippen molar-refractivity contribution < 1.29 is 4.74 Å². The highest BCUT2D eigenvalue weighted by molar-refractivity contribution is 5.35. The fourth-order valence-corrected chi connectivity index (χ4v) is 1.64. The van der Waals surface area contributed by atoms with Crippen molar-refractivity contribution in [2.75, 3.05) is 7.11 Å². The monoisotopic (exact) mass is 204 g/mol. The SMILES string of the molecule is C=C[C@](C)(c1ccc(OC)cc1)C(C)C. The topological polar surface area (TPSA) is 9.23 Å². The summed E-state index contributed by atoms with van der Waals surface area (Å²) in [5, 5.41) is 0. The van der Waals surface area contributed by atoms with Crippen LogP contribution in [0.3, 0.4) is 0 Å². The molecule has 0 unspecified atom stereocenters. The Labute approximate surface area is 92.8 Å². The Bertz CT molecular complexity index is 324. The van der Waals surface area contributed by atoms with Crippen molar-refractivity contribution in [2.45, 2.75) is 26.2 Å². The van der Waals surface area contributed by atoms with Gasteiger partial charge in [-0.3, -0.25) is 0 Å². The zero-order valence-corrected chi connectivity index (χ0v) is 10.1. The molecule has 82 valence electrons. The van der Waals surface area contributed by atoms with Gasteiger partial charge in [-0.05, 0) is 23.6 Å². The van der Waals surface area contributed by atoms with Crippen LogP contribution >= 0.6 is 0 Å². The Morgan fingerprint density at radius 1 is 1.27 bits per heavy atom. The molecule has 0 aliphatic carbocycles. The Morgan fingerprint density at radius 2 is 1.80 bits per heavy atom. The van der Waals surface area contributed by atoms with Gasteiger partial charge in [0.2, 0.25) is 0 Å². The number of rotatable bonds is 4. The zero-order chi connectivity index (χ0) is 11.5. The summed E-state index contributed by atoms with van der Waals surface area (Å²) in [5.74, 6) is 1.43. The lowest BCUT2D eigenvalue weighted by Crippen LogP contribution is -2.25. The molecule has 0 bridgehead atoms. The van der Waals surface area contributed by atoms with Crippen LogP contribution in [0.5, 0.6) is 5.75 Å². The molecule has 1 aromatic carbocycles. The lowest BCUT2D eigenvalue weighted by Gasteiger charge is -2.31. The van der Waals surface area contributed by atoms with E-state index in [1.165, 1.54) is 5.56 Å². The standard InChI is InChI=1S/C14H20O/c1-6-14(4,11(2)3)12-7-9-13(15-5)10-8-12/h6-11H,1H2,2-5H3/t14-/m0/s1. The molecular formula is C14H20O. The smallest absolute Gasteiger partial charge is 0.118 e. The number of ether oxygens (including phenoxy) is 1. The van der Waals surface area contributed by atoms with Crippen molar-refractivity contribution in [3.05, 3.63) is 42.5 Å². The van der Waals surface area contributed by atoms with E-state index in [-0.39, 0.29) is 5.41 Å². The lowest BCUT2D eigenvalue weighted by atomic mass is 9.73. The molecule has 1 atom stereocenters. The molecule has 0 aliphatic rings. The first-order chi connectivity index (χ1) is 7.04. The third kappa shape index (κ3) is 2.23. The predicted molar refractivity (Wildman–Crippen MR) is 65.4 cm³/mol. The van der Waals surface area contributed by atoms with E-state index >= 15 is 0 Å². The first-order valence-electron chi connectivity index (χ1n) is 5.32. The predicted octanol–water partition coefficient (Wildman–Crippen LogP) is 3.79. The highest BCUT2D eigenvalue weighted by Crippen LogP contribution is 2.33. The molecule has 0 spiro atoms. The molecule has 1 aromatic rings. The van der Waals surface area contributed by atoms with Crippen LogP contribution in [0.2, 0.25) is 0 Å². The van der Waals surface area contributed by atoms with Gasteiger partial charge in [-0.2, -0.15) is 0 Å². The van der Waals surface area contributed by atoms with Gasteiger partial charge >= 0.3 is 0 Å². The molecule has 0 aliphatic heterocycles. The van der Waals surface area contributed by atoms with Crippen molar-refractivity contribution >= 4 is 0 Å². The van der Waals surface area contributed by atoms with Gasteiger partial charge in [0, 0.05) is 5.41 Å². The third-order valence-electron chi connectivity index (χ3n) is 3.34. The van der Waals surface area contributed by atoms with Crippen LogP contribution < -0.4 is 4.74 Å². The van der Waals surface area contributed by atoms with E-state index in [2.05, 4.69) is 39.5 Å². The fourth-order valence-electron chi connectivity index (χ4n) is 1.64. The molecule has 0 fully saturated rings. The summed E-state index contributed by atoms with van der Waals surface area (Å²) in [5.41, 5.74) is 1.32. The Balaban J connectivity index is 3.08. The minimum Gasteiger partial charge on any atom is -0.497 e. The van der Waals surface area contributed by atoms with Crippen molar-refractivity contribution in [3.8, 4) is 5.75 Å². The van der Waals surface area contributed by atoms with Gasteiger partial charge < -0.3 is 4.74 Å². The highest BCUT2D eigenvalue weighted by Gasteiger charge is 2.26. The number of hydrogen-bond donors (Lipinski definition) is 0. The van der Waals surface area contributed by atoms with E-state index in [0.717, 1.165) is 5.75 Å². The van der Waals surface area contributed by atoms with Crippen molar-refractivity contribution in [3.63, 3.8) is 0 Å². The lowest BCUT2D eigenvalue weighted by molar-refractivity contribution is 0.408. The first-order valence-corrected chi connectivity index (χ1v) is 5.32. The molecule has 0 aromatic heterocycles. The maximum atomic E-state index is 5.15. The van der Waals surface area contributed by atoms with E-state index in [1.54, 1.807) is 7.11 Å². The average molecular weight is 204 g/mol. The maximum Gasteiger partial charge on any atom is 0.118 e. The molecule has 15 heavy (non-hydrogen) atoms. The molecule has 0 N–H and O–H groups in total. The summed E-state index contributed by atoms with van der Waals surface area (Å²) < 4.78 is 5.15. The van der Waals surface area contributed by atoms with Crippen molar-refractivity contribution in [1.29, 1.82) is 0 Å². The Morgan fingerprint density at radius 3 is 2.13 bits per heavy atom. The molecule has 1 rings (SSSR count). The van der Waals surface area contributed by atoms with E-state index in [4.69, 9.17) is 4.74 Å². The van der Waals surface area contributed by atoms with Gasteiger partial charge in [0.25, 0.3) is 0 Å². The first kappa shape index (κ1) is 11.8. The van der Waals surface area contributed by atoms with Gasteiger partial charge in [0.1, 0.15) is 5.75 Å². The molecule has 0 amide bonds. The summed E-state index contributed by atoms with van der Waals surface area (Å²) in [6, 6.07) is 8.22. The molecular weight excluding hydrogens is 184 g/mol. The highest BCUT2D eigenvalue weighted by atomic mass is 16.5. The van der Waals surface area contributed by atoms with Crippen LogP contribution in [0.25, 0.3) is 0 Å². The largest absolute Gasteiger partial charge is 0.497 e. The average Bonchev–Trinajstić information content (AvgIpc) is 2.28. The molecule has 0 saturated heterocycles. The van der Waals surface area contributed by atoms with Gasteiger partial charge in [-0.15, -0.1) is 6.58 Å². The van der Waals surface area contributed by atoms with Crippen LogP contribution in [-0.4, -0.2) is 7.11 Å². The van der Waals surface area contributed by atoms with Crippen LogP contribution in [0.4, 0.5) is 0 Å².